The summed E-state index contributed by atoms with van der Waals surface area (Å²) in [4.78, 5) is 0. The molecule has 6 atom stereocenters. The van der Waals surface area contributed by atoms with Crippen LogP contribution in [0.3, 0.4) is 0 Å². The second kappa shape index (κ2) is 5.53. The van der Waals surface area contributed by atoms with Gasteiger partial charge in [0.05, 0.1) is 0 Å². The van der Waals surface area contributed by atoms with Gasteiger partial charge in [0.15, 0.2) is 0 Å². The lowest BCUT2D eigenvalue weighted by Crippen LogP contribution is -2.32. The Morgan fingerprint density at radius 1 is 0.889 bits per heavy atom. The van der Waals surface area contributed by atoms with Crippen molar-refractivity contribution >= 4 is 0 Å². The summed E-state index contributed by atoms with van der Waals surface area (Å²) >= 11 is 0. The Hall–Kier alpha value is -0.0400. The lowest BCUT2D eigenvalue weighted by atomic mass is 9.68. The molecule has 0 aromatic heterocycles. The quantitative estimate of drug-likeness (QED) is 0.793. The van der Waals surface area contributed by atoms with Gasteiger partial charge in [0.2, 0.25) is 0 Å². The van der Waals surface area contributed by atoms with Gasteiger partial charge in [-0.15, -0.1) is 0 Å². The molecular weight excluding hydrogens is 218 g/mol. The number of hydrogen-bond donors (Lipinski definition) is 1. The molecule has 0 radical (unpaired) electrons. The minimum atomic E-state index is 0.854. The highest BCUT2D eigenvalue weighted by Gasteiger charge is 2.41. The first-order valence-electron chi connectivity index (χ1n) is 8.50. The first kappa shape index (κ1) is 13.0. The van der Waals surface area contributed by atoms with Crippen molar-refractivity contribution in [3.63, 3.8) is 0 Å². The molecule has 2 bridgehead atoms. The number of fused-ring (bicyclic) bond motifs is 2. The highest BCUT2D eigenvalue weighted by molar-refractivity contribution is 4.92. The Kier molecular flexibility index (Phi) is 3.98. The average molecular weight is 249 g/mol. The molecule has 6 unspecified atom stereocenters. The fourth-order valence-corrected chi connectivity index (χ4v) is 5.45. The van der Waals surface area contributed by atoms with Crippen molar-refractivity contribution in [3.05, 3.63) is 0 Å². The second-order valence-electron chi connectivity index (χ2n) is 7.51. The maximum atomic E-state index is 6.03. The molecule has 0 heterocycles. The first-order valence-corrected chi connectivity index (χ1v) is 8.50. The molecular formula is C17H31N. The number of rotatable bonds is 4. The van der Waals surface area contributed by atoms with E-state index in [-0.39, 0.29) is 0 Å². The topological polar surface area (TPSA) is 26.0 Å². The van der Waals surface area contributed by atoms with Crippen LogP contribution >= 0.6 is 0 Å². The number of nitrogens with two attached hydrogens (primary N) is 1. The summed E-state index contributed by atoms with van der Waals surface area (Å²) in [6, 6.07) is 0. The van der Waals surface area contributed by atoms with Crippen LogP contribution in [0.25, 0.3) is 0 Å². The Morgan fingerprint density at radius 2 is 1.78 bits per heavy atom. The van der Waals surface area contributed by atoms with Gasteiger partial charge in [-0.1, -0.05) is 26.2 Å². The van der Waals surface area contributed by atoms with Crippen molar-refractivity contribution in [3.8, 4) is 0 Å². The molecule has 3 aliphatic carbocycles. The van der Waals surface area contributed by atoms with E-state index in [1.54, 1.807) is 25.7 Å². The molecule has 3 saturated carbocycles. The molecule has 0 aliphatic heterocycles. The maximum absolute atomic E-state index is 6.03. The van der Waals surface area contributed by atoms with Crippen molar-refractivity contribution in [2.75, 3.05) is 6.54 Å². The van der Waals surface area contributed by atoms with Crippen molar-refractivity contribution in [2.45, 2.75) is 64.7 Å². The van der Waals surface area contributed by atoms with Gasteiger partial charge < -0.3 is 5.73 Å². The van der Waals surface area contributed by atoms with Crippen LogP contribution in [-0.4, -0.2) is 6.54 Å². The smallest absolute Gasteiger partial charge is 0.00462 e. The molecule has 3 rings (SSSR count). The SMILES string of the molecule is CCC1CCC(CN)C(CC2CC3CCC2C3)C1. The largest absolute Gasteiger partial charge is 0.330 e. The van der Waals surface area contributed by atoms with E-state index in [1.807, 2.05) is 0 Å². The van der Waals surface area contributed by atoms with Crippen LogP contribution in [0.4, 0.5) is 0 Å². The third-order valence-corrected chi connectivity index (χ3v) is 6.62. The fourth-order valence-electron chi connectivity index (χ4n) is 5.45. The second-order valence-corrected chi connectivity index (χ2v) is 7.51. The van der Waals surface area contributed by atoms with Gasteiger partial charge >= 0.3 is 0 Å². The highest BCUT2D eigenvalue weighted by Crippen LogP contribution is 2.52. The standard InChI is InChI=1S/C17H31N/c1-2-12-3-6-15(11-18)17(7-12)10-16-9-13-4-5-14(16)8-13/h12-17H,2-11,18H2,1H3. The van der Waals surface area contributed by atoms with E-state index >= 15 is 0 Å². The van der Waals surface area contributed by atoms with Crippen LogP contribution in [-0.2, 0) is 0 Å². The third-order valence-electron chi connectivity index (χ3n) is 6.62. The van der Waals surface area contributed by atoms with E-state index in [9.17, 15) is 0 Å². The van der Waals surface area contributed by atoms with E-state index in [1.165, 1.54) is 32.1 Å². The molecule has 104 valence electrons. The minimum absolute atomic E-state index is 0.854. The summed E-state index contributed by atoms with van der Waals surface area (Å²) < 4.78 is 0. The lowest BCUT2D eigenvalue weighted by Gasteiger charge is -2.38. The lowest BCUT2D eigenvalue weighted by molar-refractivity contribution is 0.135. The molecule has 2 N–H and O–H groups in total. The zero-order chi connectivity index (χ0) is 12.5. The van der Waals surface area contributed by atoms with Crippen LogP contribution in [0.5, 0.6) is 0 Å². The maximum Gasteiger partial charge on any atom is -0.00462 e. The van der Waals surface area contributed by atoms with Gasteiger partial charge in [-0.25, -0.2) is 0 Å². The highest BCUT2D eigenvalue weighted by atomic mass is 14.6. The predicted molar refractivity (Wildman–Crippen MR) is 77.2 cm³/mol. The van der Waals surface area contributed by atoms with E-state index in [2.05, 4.69) is 6.92 Å². The Morgan fingerprint density at radius 3 is 2.39 bits per heavy atom. The van der Waals surface area contributed by atoms with Crippen LogP contribution in [0.2, 0.25) is 0 Å². The molecule has 1 nitrogen and oxygen atoms in total. The van der Waals surface area contributed by atoms with Crippen LogP contribution in [0.15, 0.2) is 0 Å². The Labute approximate surface area is 113 Å². The summed E-state index contributed by atoms with van der Waals surface area (Å²) in [7, 11) is 0. The van der Waals surface area contributed by atoms with Crippen molar-refractivity contribution in [1.82, 2.24) is 0 Å². The van der Waals surface area contributed by atoms with Crippen LogP contribution in [0.1, 0.15) is 64.7 Å². The van der Waals surface area contributed by atoms with E-state index in [0.717, 1.165) is 42.1 Å². The average Bonchev–Trinajstić information content (AvgIpc) is 3.01. The molecule has 0 aromatic rings. The fraction of sp³-hybridized carbons (Fsp3) is 1.00. The van der Waals surface area contributed by atoms with Crippen molar-refractivity contribution < 1.29 is 0 Å². The summed E-state index contributed by atoms with van der Waals surface area (Å²) in [5.41, 5.74) is 6.03. The van der Waals surface area contributed by atoms with Crippen molar-refractivity contribution in [2.24, 2.45) is 41.2 Å². The number of hydrogen-bond acceptors (Lipinski definition) is 1. The molecule has 0 saturated heterocycles. The predicted octanol–water partition coefficient (Wildman–Crippen LogP) is 4.21. The Bertz CT molecular complexity index is 275. The molecule has 0 spiro atoms. The van der Waals surface area contributed by atoms with Crippen molar-refractivity contribution in [1.29, 1.82) is 0 Å². The zero-order valence-electron chi connectivity index (χ0n) is 12.1. The normalized spacial score (nSPS) is 47.7. The molecule has 18 heavy (non-hydrogen) atoms. The molecule has 0 amide bonds. The summed E-state index contributed by atoms with van der Waals surface area (Å²) in [6.45, 7) is 3.32. The summed E-state index contributed by atoms with van der Waals surface area (Å²) in [5.74, 6) is 6.14. The minimum Gasteiger partial charge on any atom is -0.330 e. The van der Waals surface area contributed by atoms with Crippen LogP contribution < -0.4 is 5.73 Å². The molecule has 3 fully saturated rings. The molecule has 1 heteroatoms. The van der Waals surface area contributed by atoms with Gasteiger partial charge in [-0.3, -0.25) is 0 Å². The van der Waals surface area contributed by atoms with E-state index < -0.39 is 0 Å². The summed E-state index contributed by atoms with van der Waals surface area (Å²) in [5, 5.41) is 0. The van der Waals surface area contributed by atoms with Gasteiger partial charge in [0.1, 0.15) is 0 Å². The zero-order valence-corrected chi connectivity index (χ0v) is 12.1. The third kappa shape index (κ3) is 2.48. The molecule has 0 aromatic carbocycles. The van der Waals surface area contributed by atoms with Gasteiger partial charge in [-0.2, -0.15) is 0 Å². The van der Waals surface area contributed by atoms with Gasteiger partial charge in [-0.05, 0) is 80.6 Å². The van der Waals surface area contributed by atoms with Gasteiger partial charge in [0, 0.05) is 0 Å². The van der Waals surface area contributed by atoms with Gasteiger partial charge in [0.25, 0.3) is 0 Å². The van der Waals surface area contributed by atoms with E-state index in [4.69, 9.17) is 5.73 Å². The first-order chi connectivity index (χ1) is 8.80. The Balaban J connectivity index is 1.58. The summed E-state index contributed by atoms with van der Waals surface area (Å²) in [6.07, 6.45) is 13.5. The van der Waals surface area contributed by atoms with Crippen LogP contribution in [0, 0.1) is 35.5 Å². The molecule has 3 aliphatic rings. The van der Waals surface area contributed by atoms with E-state index in [0.29, 0.717) is 0 Å². The monoisotopic (exact) mass is 249 g/mol.